The van der Waals surface area contributed by atoms with Crippen molar-refractivity contribution in [3.8, 4) is 0 Å². The molecule has 0 unspecified atom stereocenters. The van der Waals surface area contributed by atoms with Crippen LogP contribution >= 0.6 is 0 Å². The predicted octanol–water partition coefficient (Wildman–Crippen LogP) is -0.318. The predicted molar refractivity (Wildman–Crippen MR) is 73.6 cm³/mol. The van der Waals surface area contributed by atoms with Crippen LogP contribution in [-0.4, -0.2) is 42.2 Å². The first kappa shape index (κ1) is 14.7. The van der Waals surface area contributed by atoms with E-state index in [2.05, 4.69) is 30.2 Å². The van der Waals surface area contributed by atoms with Crippen molar-refractivity contribution in [1.82, 2.24) is 30.2 Å². The number of hydrogen-bond acceptors (Lipinski definition) is 5. The Bertz CT molecular complexity index is 647. The number of imidazole rings is 1. The minimum absolute atomic E-state index is 0.219. The highest BCUT2D eigenvalue weighted by Crippen LogP contribution is 2.17. The molecule has 4 N–H and O–H groups in total. The quantitative estimate of drug-likeness (QED) is 0.559. The molecule has 2 heterocycles. The molecule has 0 aliphatic carbocycles. The van der Waals surface area contributed by atoms with Crippen molar-refractivity contribution in [2.75, 3.05) is 13.6 Å². The average molecular weight is 298 g/mol. The number of hydrogen-bond donors (Lipinski definition) is 4. The highest BCUT2D eigenvalue weighted by atomic mass is 32.2. The van der Waals surface area contributed by atoms with Crippen LogP contribution < -0.4 is 10.0 Å². The van der Waals surface area contributed by atoms with Crippen LogP contribution in [0.2, 0.25) is 0 Å². The van der Waals surface area contributed by atoms with Gasteiger partial charge in [-0.2, -0.15) is 5.10 Å². The Hall–Kier alpha value is -1.71. The molecule has 2 aromatic rings. The van der Waals surface area contributed by atoms with E-state index in [0.29, 0.717) is 30.9 Å². The van der Waals surface area contributed by atoms with Gasteiger partial charge >= 0.3 is 0 Å². The normalized spacial score (nSPS) is 11.9. The Morgan fingerprint density at radius 2 is 2.20 bits per heavy atom. The smallest absolute Gasteiger partial charge is 0.244 e. The van der Waals surface area contributed by atoms with Gasteiger partial charge in [0.05, 0.1) is 17.7 Å². The number of H-pyrrole nitrogens is 2. The molecule has 0 radical (unpaired) electrons. The molecular formula is C11H18N6O2S. The van der Waals surface area contributed by atoms with Crippen LogP contribution in [0.4, 0.5) is 0 Å². The van der Waals surface area contributed by atoms with Gasteiger partial charge in [0.2, 0.25) is 10.0 Å². The molecule has 2 aromatic heterocycles. The summed E-state index contributed by atoms with van der Waals surface area (Å²) in [5.41, 5.74) is 1.90. The monoisotopic (exact) mass is 298 g/mol. The maximum atomic E-state index is 12.3. The fraction of sp³-hybridized carbons (Fsp3) is 0.455. The van der Waals surface area contributed by atoms with Gasteiger partial charge < -0.3 is 10.3 Å². The molecule has 0 aliphatic rings. The third kappa shape index (κ3) is 3.24. The van der Waals surface area contributed by atoms with E-state index in [9.17, 15) is 8.42 Å². The van der Waals surface area contributed by atoms with Crippen molar-refractivity contribution in [3.63, 3.8) is 0 Å². The maximum Gasteiger partial charge on any atom is 0.244 e. The van der Waals surface area contributed by atoms with E-state index in [4.69, 9.17) is 0 Å². The fourth-order valence-electron chi connectivity index (χ4n) is 1.93. The Kier molecular flexibility index (Phi) is 4.53. The number of sulfonamides is 1. The van der Waals surface area contributed by atoms with Gasteiger partial charge in [-0.25, -0.2) is 18.1 Å². The first-order valence-electron chi connectivity index (χ1n) is 6.20. The Morgan fingerprint density at radius 3 is 2.85 bits per heavy atom. The minimum Gasteiger partial charge on any atom is -0.348 e. The van der Waals surface area contributed by atoms with Crippen molar-refractivity contribution in [2.45, 2.75) is 24.8 Å². The summed E-state index contributed by atoms with van der Waals surface area (Å²) in [4.78, 5) is 7.03. The van der Waals surface area contributed by atoms with Gasteiger partial charge in [-0.3, -0.25) is 5.10 Å². The third-order valence-corrected chi connectivity index (χ3v) is 4.48. The molecule has 0 fully saturated rings. The van der Waals surface area contributed by atoms with Crippen LogP contribution in [0.1, 0.15) is 17.1 Å². The zero-order valence-electron chi connectivity index (χ0n) is 11.4. The second-order valence-corrected chi connectivity index (χ2v) is 6.08. The van der Waals surface area contributed by atoms with Gasteiger partial charge in [0.15, 0.2) is 0 Å². The van der Waals surface area contributed by atoms with Crippen LogP contribution in [0.5, 0.6) is 0 Å². The topological polar surface area (TPSA) is 116 Å². The number of rotatable bonds is 7. The van der Waals surface area contributed by atoms with Crippen LogP contribution in [0.3, 0.4) is 0 Å². The van der Waals surface area contributed by atoms with Crippen molar-refractivity contribution in [1.29, 1.82) is 0 Å². The van der Waals surface area contributed by atoms with Crippen LogP contribution in [-0.2, 0) is 23.0 Å². The first-order chi connectivity index (χ1) is 9.54. The molecule has 0 aromatic carbocycles. The number of nitrogens with one attached hydrogen (secondary N) is 4. The van der Waals surface area contributed by atoms with Crippen molar-refractivity contribution in [2.24, 2.45) is 0 Å². The zero-order valence-corrected chi connectivity index (χ0v) is 12.2. The Labute approximate surface area is 117 Å². The lowest BCUT2D eigenvalue weighted by molar-refractivity contribution is 0.578. The SMILES string of the molecule is CNCc1n[nH]c(C)c1S(=O)(=O)NCCc1cnc[nH]1. The molecule has 9 heteroatoms. The molecule has 0 bridgehead atoms. The van der Waals surface area contributed by atoms with E-state index >= 15 is 0 Å². The molecule has 0 atom stereocenters. The molecule has 2 rings (SSSR count). The molecule has 20 heavy (non-hydrogen) atoms. The molecule has 0 amide bonds. The minimum atomic E-state index is -3.57. The lowest BCUT2D eigenvalue weighted by atomic mass is 10.3. The van der Waals surface area contributed by atoms with Crippen molar-refractivity contribution >= 4 is 10.0 Å². The number of aromatic amines is 2. The second kappa shape index (κ2) is 6.16. The molecule has 8 nitrogen and oxygen atoms in total. The van der Waals surface area contributed by atoms with Crippen LogP contribution in [0.25, 0.3) is 0 Å². The summed E-state index contributed by atoms with van der Waals surface area (Å²) >= 11 is 0. The fourth-order valence-corrected chi connectivity index (χ4v) is 3.32. The standard InChI is InChI=1S/C11H18N6O2S/c1-8-11(10(6-12-2)17-16-8)20(18,19)15-4-3-9-5-13-7-14-9/h5,7,12,15H,3-4,6H2,1-2H3,(H,13,14)(H,16,17). The molecule has 0 saturated heterocycles. The molecule has 110 valence electrons. The number of aromatic nitrogens is 4. The average Bonchev–Trinajstić information content (AvgIpc) is 3.00. The lowest BCUT2D eigenvalue weighted by Crippen LogP contribution is -2.27. The summed E-state index contributed by atoms with van der Waals surface area (Å²) in [6.45, 7) is 2.38. The van der Waals surface area contributed by atoms with Gasteiger partial charge in [-0.15, -0.1) is 0 Å². The van der Waals surface area contributed by atoms with E-state index in [1.165, 1.54) is 0 Å². The summed E-state index contributed by atoms with van der Waals surface area (Å²) in [5.74, 6) is 0. The summed E-state index contributed by atoms with van der Waals surface area (Å²) < 4.78 is 27.2. The largest absolute Gasteiger partial charge is 0.348 e. The number of aryl methyl sites for hydroxylation is 1. The molecule has 0 spiro atoms. The first-order valence-corrected chi connectivity index (χ1v) is 7.68. The van der Waals surface area contributed by atoms with Gasteiger partial charge in [0.1, 0.15) is 4.90 Å². The van der Waals surface area contributed by atoms with Gasteiger partial charge in [-0.05, 0) is 14.0 Å². The van der Waals surface area contributed by atoms with Crippen molar-refractivity contribution < 1.29 is 8.42 Å². The Balaban J connectivity index is 2.08. The van der Waals surface area contributed by atoms with Crippen LogP contribution in [0, 0.1) is 6.92 Å². The van der Waals surface area contributed by atoms with E-state index in [1.807, 2.05) is 0 Å². The highest BCUT2D eigenvalue weighted by molar-refractivity contribution is 7.89. The summed E-state index contributed by atoms with van der Waals surface area (Å²) in [6.07, 6.45) is 3.79. The van der Waals surface area contributed by atoms with Crippen LogP contribution in [0.15, 0.2) is 17.4 Å². The van der Waals surface area contributed by atoms with Gasteiger partial charge in [-0.1, -0.05) is 0 Å². The van der Waals surface area contributed by atoms with Gasteiger partial charge in [0, 0.05) is 31.4 Å². The molecular weight excluding hydrogens is 280 g/mol. The lowest BCUT2D eigenvalue weighted by Gasteiger charge is -2.07. The maximum absolute atomic E-state index is 12.3. The van der Waals surface area contributed by atoms with E-state index in [0.717, 1.165) is 5.69 Å². The number of nitrogens with zero attached hydrogens (tertiary/aromatic N) is 2. The van der Waals surface area contributed by atoms with E-state index < -0.39 is 10.0 Å². The summed E-state index contributed by atoms with van der Waals surface area (Å²) in [5, 5.41) is 9.61. The summed E-state index contributed by atoms with van der Waals surface area (Å²) in [7, 11) is -1.83. The van der Waals surface area contributed by atoms with Crippen molar-refractivity contribution in [3.05, 3.63) is 29.6 Å². The third-order valence-electron chi connectivity index (χ3n) is 2.82. The molecule has 0 aliphatic heterocycles. The second-order valence-electron chi connectivity index (χ2n) is 4.38. The van der Waals surface area contributed by atoms with E-state index in [1.54, 1.807) is 26.5 Å². The van der Waals surface area contributed by atoms with Gasteiger partial charge in [0.25, 0.3) is 0 Å². The zero-order chi connectivity index (χ0) is 14.6. The molecule has 0 saturated carbocycles. The highest BCUT2D eigenvalue weighted by Gasteiger charge is 2.23. The van der Waals surface area contributed by atoms with E-state index in [-0.39, 0.29) is 4.90 Å². The Morgan fingerprint density at radius 1 is 1.40 bits per heavy atom. The summed E-state index contributed by atoms with van der Waals surface area (Å²) in [6, 6.07) is 0.